The molecule has 0 saturated heterocycles. The van der Waals surface area contributed by atoms with Gasteiger partial charge in [0, 0.05) is 29.8 Å². The van der Waals surface area contributed by atoms with Gasteiger partial charge in [0.15, 0.2) is 0 Å². The van der Waals surface area contributed by atoms with Crippen LogP contribution < -0.4 is 10.6 Å². The van der Waals surface area contributed by atoms with Gasteiger partial charge in [-0.25, -0.2) is 15.0 Å². The van der Waals surface area contributed by atoms with E-state index in [1.807, 2.05) is 19.1 Å². The summed E-state index contributed by atoms with van der Waals surface area (Å²) in [6.07, 6.45) is 5.00. The quantitative estimate of drug-likeness (QED) is 0.774. The Morgan fingerprint density at radius 2 is 1.83 bits per heavy atom. The summed E-state index contributed by atoms with van der Waals surface area (Å²) in [6.45, 7) is 1.94. The van der Waals surface area contributed by atoms with E-state index < -0.39 is 0 Å². The van der Waals surface area contributed by atoms with E-state index in [-0.39, 0.29) is 5.91 Å². The topological polar surface area (TPSA) is 79.8 Å². The number of carbonyl (C=O) groups excluding carboxylic acids is 1. The van der Waals surface area contributed by atoms with Crippen molar-refractivity contribution in [3.63, 3.8) is 0 Å². The smallest absolute Gasteiger partial charge is 0.256 e. The molecule has 114 valence electrons. The third-order valence-corrected chi connectivity index (χ3v) is 3.10. The largest absolute Gasteiger partial charge is 0.324 e. The standard InChI is InChI=1S/C17H15N5O/c1-12-6-7-15(20-11-12)22-16(23)13-4-2-5-14(10-13)21-17-18-8-3-9-19-17/h2-11H,1H3,(H,18,19,21)(H,20,22,23). The van der Waals surface area contributed by atoms with Crippen LogP contribution in [0.4, 0.5) is 17.5 Å². The molecule has 23 heavy (non-hydrogen) atoms. The number of pyridine rings is 1. The van der Waals surface area contributed by atoms with Crippen LogP contribution in [-0.4, -0.2) is 20.9 Å². The molecule has 0 aliphatic rings. The highest BCUT2D eigenvalue weighted by atomic mass is 16.1. The van der Waals surface area contributed by atoms with Crippen molar-refractivity contribution in [2.24, 2.45) is 0 Å². The number of rotatable bonds is 4. The van der Waals surface area contributed by atoms with Gasteiger partial charge in [0.25, 0.3) is 5.91 Å². The summed E-state index contributed by atoms with van der Waals surface area (Å²) in [4.78, 5) is 24.6. The number of carbonyl (C=O) groups is 1. The highest BCUT2D eigenvalue weighted by Crippen LogP contribution is 2.15. The first kappa shape index (κ1) is 14.6. The maximum Gasteiger partial charge on any atom is 0.256 e. The summed E-state index contributed by atoms with van der Waals surface area (Å²) in [5, 5.41) is 5.82. The zero-order valence-corrected chi connectivity index (χ0v) is 12.5. The van der Waals surface area contributed by atoms with E-state index >= 15 is 0 Å². The molecule has 0 aliphatic carbocycles. The Morgan fingerprint density at radius 1 is 1.00 bits per heavy atom. The van der Waals surface area contributed by atoms with Crippen molar-refractivity contribution >= 4 is 23.4 Å². The van der Waals surface area contributed by atoms with Crippen molar-refractivity contribution < 1.29 is 4.79 Å². The van der Waals surface area contributed by atoms with Crippen molar-refractivity contribution in [2.45, 2.75) is 6.92 Å². The van der Waals surface area contributed by atoms with Crippen molar-refractivity contribution in [1.82, 2.24) is 15.0 Å². The zero-order chi connectivity index (χ0) is 16.1. The minimum Gasteiger partial charge on any atom is -0.324 e. The zero-order valence-electron chi connectivity index (χ0n) is 12.5. The van der Waals surface area contributed by atoms with E-state index in [0.717, 1.165) is 11.3 Å². The van der Waals surface area contributed by atoms with E-state index in [1.165, 1.54) is 0 Å². The third kappa shape index (κ3) is 3.88. The average Bonchev–Trinajstić information content (AvgIpc) is 2.58. The van der Waals surface area contributed by atoms with Crippen LogP contribution >= 0.6 is 0 Å². The molecule has 2 N–H and O–H groups in total. The number of aromatic nitrogens is 3. The Bertz CT molecular complexity index is 803. The summed E-state index contributed by atoms with van der Waals surface area (Å²) < 4.78 is 0. The molecule has 0 bridgehead atoms. The van der Waals surface area contributed by atoms with Gasteiger partial charge in [0.05, 0.1) is 0 Å². The first-order valence-electron chi connectivity index (χ1n) is 7.09. The molecule has 0 aliphatic heterocycles. The first-order valence-corrected chi connectivity index (χ1v) is 7.09. The van der Waals surface area contributed by atoms with Gasteiger partial charge in [-0.05, 0) is 42.8 Å². The van der Waals surface area contributed by atoms with Crippen LogP contribution in [0.2, 0.25) is 0 Å². The number of hydrogen-bond donors (Lipinski definition) is 2. The number of nitrogens with zero attached hydrogens (tertiary/aromatic N) is 3. The lowest BCUT2D eigenvalue weighted by molar-refractivity contribution is 0.102. The van der Waals surface area contributed by atoms with E-state index in [4.69, 9.17) is 0 Å². The van der Waals surface area contributed by atoms with Crippen molar-refractivity contribution in [3.05, 3.63) is 72.2 Å². The predicted octanol–water partition coefficient (Wildman–Crippen LogP) is 3.18. The molecule has 3 aromatic rings. The maximum atomic E-state index is 12.3. The lowest BCUT2D eigenvalue weighted by Gasteiger charge is -2.08. The molecule has 0 fully saturated rings. The lowest BCUT2D eigenvalue weighted by Crippen LogP contribution is -2.13. The Labute approximate surface area is 133 Å². The first-order chi connectivity index (χ1) is 11.2. The fourth-order valence-corrected chi connectivity index (χ4v) is 1.96. The van der Waals surface area contributed by atoms with E-state index in [1.54, 1.807) is 48.9 Å². The van der Waals surface area contributed by atoms with Gasteiger partial charge in [-0.2, -0.15) is 0 Å². The fourth-order valence-electron chi connectivity index (χ4n) is 1.96. The molecule has 0 unspecified atom stereocenters. The van der Waals surface area contributed by atoms with Crippen LogP contribution in [0.3, 0.4) is 0 Å². The SMILES string of the molecule is Cc1ccc(NC(=O)c2cccc(Nc3ncccn3)c2)nc1. The highest BCUT2D eigenvalue weighted by molar-refractivity contribution is 6.04. The second-order valence-electron chi connectivity index (χ2n) is 4.95. The minimum atomic E-state index is -0.223. The highest BCUT2D eigenvalue weighted by Gasteiger charge is 2.08. The van der Waals surface area contributed by atoms with Crippen LogP contribution in [-0.2, 0) is 0 Å². The normalized spacial score (nSPS) is 10.1. The van der Waals surface area contributed by atoms with Gasteiger partial charge in [-0.3, -0.25) is 4.79 Å². The molecule has 2 heterocycles. The summed E-state index contributed by atoms with van der Waals surface area (Å²) >= 11 is 0. The van der Waals surface area contributed by atoms with Gasteiger partial charge >= 0.3 is 0 Å². The average molecular weight is 305 g/mol. The van der Waals surface area contributed by atoms with Gasteiger partial charge in [-0.1, -0.05) is 12.1 Å². The van der Waals surface area contributed by atoms with Crippen LogP contribution in [0.5, 0.6) is 0 Å². The van der Waals surface area contributed by atoms with Gasteiger partial charge in [0.2, 0.25) is 5.95 Å². The van der Waals surface area contributed by atoms with Gasteiger partial charge < -0.3 is 10.6 Å². The molecular weight excluding hydrogens is 290 g/mol. The van der Waals surface area contributed by atoms with Crippen molar-refractivity contribution in [1.29, 1.82) is 0 Å². The third-order valence-electron chi connectivity index (χ3n) is 3.10. The fraction of sp³-hybridized carbons (Fsp3) is 0.0588. The molecule has 2 aromatic heterocycles. The van der Waals surface area contributed by atoms with Crippen LogP contribution in [0.25, 0.3) is 0 Å². The Hall–Kier alpha value is -3.28. The molecule has 6 heteroatoms. The Balaban J connectivity index is 1.73. The molecule has 0 radical (unpaired) electrons. The molecule has 0 atom stereocenters. The number of hydrogen-bond acceptors (Lipinski definition) is 5. The monoisotopic (exact) mass is 305 g/mol. The van der Waals surface area contributed by atoms with Crippen LogP contribution in [0, 0.1) is 6.92 Å². The molecule has 0 spiro atoms. The number of anilines is 3. The van der Waals surface area contributed by atoms with E-state index in [2.05, 4.69) is 25.6 Å². The second-order valence-corrected chi connectivity index (χ2v) is 4.95. The summed E-state index contributed by atoms with van der Waals surface area (Å²) in [5.41, 5.74) is 2.30. The molecule has 1 aromatic carbocycles. The van der Waals surface area contributed by atoms with Crippen molar-refractivity contribution in [3.8, 4) is 0 Å². The summed E-state index contributed by atoms with van der Waals surface area (Å²) in [6, 6.07) is 12.5. The van der Waals surface area contributed by atoms with E-state index in [9.17, 15) is 4.79 Å². The van der Waals surface area contributed by atoms with Crippen LogP contribution in [0.15, 0.2) is 61.1 Å². The summed E-state index contributed by atoms with van der Waals surface area (Å²) in [7, 11) is 0. The lowest BCUT2D eigenvalue weighted by atomic mass is 10.2. The Morgan fingerprint density at radius 3 is 2.57 bits per heavy atom. The van der Waals surface area contributed by atoms with E-state index in [0.29, 0.717) is 17.3 Å². The summed E-state index contributed by atoms with van der Waals surface area (Å²) in [5.74, 6) is 0.773. The number of nitrogens with one attached hydrogen (secondary N) is 2. The minimum absolute atomic E-state index is 0.223. The molecule has 6 nitrogen and oxygen atoms in total. The van der Waals surface area contributed by atoms with Gasteiger partial charge in [0.1, 0.15) is 5.82 Å². The van der Waals surface area contributed by atoms with Crippen molar-refractivity contribution in [2.75, 3.05) is 10.6 Å². The number of aryl methyl sites for hydroxylation is 1. The molecule has 3 rings (SSSR count). The second kappa shape index (κ2) is 6.65. The molecular formula is C17H15N5O. The number of benzene rings is 1. The number of amides is 1. The predicted molar refractivity (Wildman–Crippen MR) is 88.7 cm³/mol. The van der Waals surface area contributed by atoms with Gasteiger partial charge in [-0.15, -0.1) is 0 Å². The molecule has 0 saturated carbocycles. The maximum absolute atomic E-state index is 12.3. The van der Waals surface area contributed by atoms with Crippen LogP contribution in [0.1, 0.15) is 15.9 Å². The molecule has 1 amide bonds. The Kier molecular flexibility index (Phi) is 4.24.